The number of fused-ring (bicyclic) bond motifs is 1. The Bertz CT molecular complexity index is 525. The molecule has 2 heterocycles. The molecule has 1 atom stereocenters. The van der Waals surface area contributed by atoms with Crippen LogP contribution >= 0.6 is 23.1 Å². The van der Waals surface area contributed by atoms with Gasteiger partial charge in [-0.15, -0.1) is 11.8 Å². The molecular formula is C14H14FNS2. The van der Waals surface area contributed by atoms with Gasteiger partial charge in [0.15, 0.2) is 0 Å². The predicted octanol–water partition coefficient (Wildman–Crippen LogP) is 4.21. The summed E-state index contributed by atoms with van der Waals surface area (Å²) in [4.78, 5) is 1.21. The number of thiophene rings is 1. The van der Waals surface area contributed by atoms with Crippen molar-refractivity contribution >= 4 is 23.1 Å². The molecule has 1 aromatic carbocycles. The average molecular weight is 279 g/mol. The van der Waals surface area contributed by atoms with Crippen molar-refractivity contribution in [3.8, 4) is 0 Å². The molecule has 0 aliphatic carbocycles. The van der Waals surface area contributed by atoms with Crippen LogP contribution in [0, 0.1) is 5.82 Å². The number of thioether (sulfide) groups is 1. The highest BCUT2D eigenvalue weighted by atomic mass is 32.2. The molecule has 1 aromatic heterocycles. The van der Waals surface area contributed by atoms with Gasteiger partial charge in [-0.2, -0.15) is 11.3 Å². The van der Waals surface area contributed by atoms with Gasteiger partial charge in [0.25, 0.3) is 0 Å². The number of benzene rings is 1. The van der Waals surface area contributed by atoms with Gasteiger partial charge in [0, 0.05) is 17.5 Å². The van der Waals surface area contributed by atoms with Crippen molar-refractivity contribution in [2.24, 2.45) is 0 Å². The molecule has 3 rings (SSSR count). The topological polar surface area (TPSA) is 12.0 Å². The summed E-state index contributed by atoms with van der Waals surface area (Å²) in [5.74, 6) is 0.957. The summed E-state index contributed by atoms with van der Waals surface area (Å²) in [6.07, 6.45) is 1.06. The molecule has 0 saturated heterocycles. The van der Waals surface area contributed by atoms with Crippen LogP contribution in [-0.4, -0.2) is 5.75 Å². The molecule has 0 amide bonds. The molecule has 18 heavy (non-hydrogen) atoms. The van der Waals surface area contributed by atoms with E-state index < -0.39 is 0 Å². The molecular weight excluding hydrogens is 265 g/mol. The highest BCUT2D eigenvalue weighted by Gasteiger charge is 2.20. The molecule has 0 saturated carbocycles. The van der Waals surface area contributed by atoms with Crippen LogP contribution in [0.25, 0.3) is 0 Å². The number of hydrogen-bond acceptors (Lipinski definition) is 3. The Kier molecular flexibility index (Phi) is 3.68. The van der Waals surface area contributed by atoms with Gasteiger partial charge in [-0.3, -0.25) is 0 Å². The third-order valence-electron chi connectivity index (χ3n) is 3.14. The average Bonchev–Trinajstić information content (AvgIpc) is 2.89. The molecule has 1 aliphatic heterocycles. The second-order valence-electron chi connectivity index (χ2n) is 4.38. The van der Waals surface area contributed by atoms with E-state index in [9.17, 15) is 4.39 Å². The van der Waals surface area contributed by atoms with Crippen molar-refractivity contribution in [2.75, 3.05) is 5.75 Å². The van der Waals surface area contributed by atoms with Crippen LogP contribution in [0.15, 0.2) is 39.9 Å². The van der Waals surface area contributed by atoms with Crippen molar-refractivity contribution < 1.29 is 4.39 Å². The SMILES string of the molecule is Fc1ccc2c(c1)C(NCc1ccsc1)CCS2. The van der Waals surface area contributed by atoms with E-state index in [1.54, 1.807) is 23.5 Å². The highest BCUT2D eigenvalue weighted by Crippen LogP contribution is 2.36. The maximum absolute atomic E-state index is 13.3. The van der Waals surface area contributed by atoms with Crippen LogP contribution in [0.2, 0.25) is 0 Å². The Morgan fingerprint density at radius 3 is 3.11 bits per heavy atom. The summed E-state index contributed by atoms with van der Waals surface area (Å²) >= 11 is 3.53. The van der Waals surface area contributed by atoms with Gasteiger partial charge in [-0.05, 0) is 58.3 Å². The third-order valence-corrected chi connectivity index (χ3v) is 5.00. The minimum absolute atomic E-state index is 0.140. The van der Waals surface area contributed by atoms with Crippen molar-refractivity contribution in [1.29, 1.82) is 0 Å². The first-order chi connectivity index (χ1) is 8.83. The zero-order valence-corrected chi connectivity index (χ0v) is 11.5. The lowest BCUT2D eigenvalue weighted by atomic mass is 10.0. The zero-order chi connectivity index (χ0) is 12.4. The Labute approximate surface area is 114 Å². The summed E-state index contributed by atoms with van der Waals surface area (Å²) in [6.45, 7) is 0.856. The van der Waals surface area contributed by atoms with Crippen molar-refractivity contribution in [3.63, 3.8) is 0 Å². The minimum atomic E-state index is -0.140. The van der Waals surface area contributed by atoms with Gasteiger partial charge in [0.1, 0.15) is 5.82 Å². The lowest BCUT2D eigenvalue weighted by Gasteiger charge is -2.26. The van der Waals surface area contributed by atoms with Crippen LogP contribution < -0.4 is 5.32 Å². The normalized spacial score (nSPS) is 18.6. The van der Waals surface area contributed by atoms with E-state index in [2.05, 4.69) is 22.1 Å². The largest absolute Gasteiger partial charge is 0.306 e. The summed E-state index contributed by atoms with van der Waals surface area (Å²) in [7, 11) is 0. The third kappa shape index (κ3) is 2.60. The van der Waals surface area contributed by atoms with Crippen LogP contribution in [0.4, 0.5) is 4.39 Å². The summed E-state index contributed by atoms with van der Waals surface area (Å²) in [6, 6.07) is 7.52. The lowest BCUT2D eigenvalue weighted by Crippen LogP contribution is -2.24. The van der Waals surface area contributed by atoms with Crippen molar-refractivity contribution in [1.82, 2.24) is 5.32 Å². The second kappa shape index (κ2) is 5.43. The molecule has 1 nitrogen and oxygen atoms in total. The second-order valence-corrected chi connectivity index (χ2v) is 6.30. The van der Waals surface area contributed by atoms with Gasteiger partial charge < -0.3 is 5.32 Å². The Balaban J connectivity index is 1.76. The van der Waals surface area contributed by atoms with Crippen molar-refractivity contribution in [2.45, 2.75) is 23.9 Å². The van der Waals surface area contributed by atoms with Gasteiger partial charge in [0.2, 0.25) is 0 Å². The summed E-state index contributed by atoms with van der Waals surface area (Å²) in [5.41, 5.74) is 2.41. The van der Waals surface area contributed by atoms with Gasteiger partial charge >= 0.3 is 0 Å². The molecule has 0 fully saturated rings. The molecule has 1 aliphatic rings. The fraction of sp³-hybridized carbons (Fsp3) is 0.286. The van der Waals surface area contributed by atoms with Crippen molar-refractivity contribution in [3.05, 3.63) is 52.0 Å². The number of rotatable bonds is 3. The fourth-order valence-electron chi connectivity index (χ4n) is 2.21. The summed E-state index contributed by atoms with van der Waals surface area (Å²) in [5, 5.41) is 7.77. The first kappa shape index (κ1) is 12.2. The molecule has 0 radical (unpaired) electrons. The zero-order valence-electron chi connectivity index (χ0n) is 9.86. The molecule has 2 aromatic rings. The standard InChI is InChI=1S/C14H14FNS2/c15-11-1-2-14-12(7-11)13(4-6-18-14)16-8-10-3-5-17-9-10/h1-3,5,7,9,13,16H,4,6,8H2. The van der Waals surface area contributed by atoms with E-state index in [4.69, 9.17) is 0 Å². The lowest BCUT2D eigenvalue weighted by molar-refractivity contribution is 0.505. The van der Waals surface area contributed by atoms with E-state index in [1.807, 2.05) is 17.8 Å². The van der Waals surface area contributed by atoms with Gasteiger partial charge in [-0.1, -0.05) is 0 Å². The van der Waals surface area contributed by atoms with Crippen LogP contribution in [0.5, 0.6) is 0 Å². The van der Waals surface area contributed by atoms with E-state index >= 15 is 0 Å². The molecule has 1 unspecified atom stereocenters. The fourth-order valence-corrected chi connectivity index (χ4v) is 3.99. The quantitative estimate of drug-likeness (QED) is 0.903. The highest BCUT2D eigenvalue weighted by molar-refractivity contribution is 7.99. The molecule has 0 bridgehead atoms. The molecule has 4 heteroatoms. The van der Waals surface area contributed by atoms with E-state index in [-0.39, 0.29) is 11.9 Å². The first-order valence-corrected chi connectivity index (χ1v) is 7.92. The van der Waals surface area contributed by atoms with Crippen LogP contribution in [-0.2, 0) is 6.54 Å². The number of nitrogens with one attached hydrogen (secondary N) is 1. The molecule has 1 N–H and O–H groups in total. The monoisotopic (exact) mass is 279 g/mol. The van der Waals surface area contributed by atoms with Crippen LogP contribution in [0.1, 0.15) is 23.6 Å². The molecule has 0 spiro atoms. The smallest absolute Gasteiger partial charge is 0.123 e. The predicted molar refractivity (Wildman–Crippen MR) is 75.6 cm³/mol. The minimum Gasteiger partial charge on any atom is -0.306 e. The Morgan fingerprint density at radius 2 is 2.28 bits per heavy atom. The van der Waals surface area contributed by atoms with E-state index in [1.165, 1.54) is 10.5 Å². The summed E-state index contributed by atoms with van der Waals surface area (Å²) < 4.78 is 13.3. The Hall–Kier alpha value is -0.840. The van der Waals surface area contributed by atoms with Gasteiger partial charge in [-0.25, -0.2) is 4.39 Å². The van der Waals surface area contributed by atoms with Gasteiger partial charge in [0.05, 0.1) is 0 Å². The Morgan fingerprint density at radius 1 is 1.33 bits per heavy atom. The number of hydrogen-bond donors (Lipinski definition) is 1. The van der Waals surface area contributed by atoms with Crippen LogP contribution in [0.3, 0.4) is 0 Å². The maximum atomic E-state index is 13.3. The van der Waals surface area contributed by atoms with E-state index in [0.717, 1.165) is 24.3 Å². The maximum Gasteiger partial charge on any atom is 0.123 e. The first-order valence-electron chi connectivity index (χ1n) is 5.99. The molecule has 94 valence electrons. The van der Waals surface area contributed by atoms with E-state index in [0.29, 0.717) is 0 Å². The number of halogens is 1.